The molecule has 59 heavy (non-hydrogen) atoms. The van der Waals surface area contributed by atoms with Gasteiger partial charge >= 0.3 is 0 Å². The van der Waals surface area contributed by atoms with Crippen LogP contribution in [0.3, 0.4) is 0 Å². The van der Waals surface area contributed by atoms with Crippen LogP contribution in [0.1, 0.15) is 134 Å². The zero-order chi connectivity index (χ0) is 41.5. The summed E-state index contributed by atoms with van der Waals surface area (Å²) < 4.78 is 0. The van der Waals surface area contributed by atoms with Gasteiger partial charge in [0.1, 0.15) is 18.2 Å². The lowest BCUT2D eigenvalue weighted by Gasteiger charge is -2.38. The number of carbonyl (C=O) groups is 5. The number of fused-ring (bicyclic) bond motifs is 2. The minimum Gasteiger partial charge on any atom is -0.387 e. The summed E-state index contributed by atoms with van der Waals surface area (Å²) in [5.74, 6) is 5.92. The number of rotatable bonds is 14. The van der Waals surface area contributed by atoms with Gasteiger partial charge in [0, 0.05) is 80.2 Å². The highest BCUT2D eigenvalue weighted by molar-refractivity contribution is 6.30. The van der Waals surface area contributed by atoms with Crippen molar-refractivity contribution in [1.29, 1.82) is 0 Å². The Morgan fingerprint density at radius 1 is 0.983 bits per heavy atom. The van der Waals surface area contributed by atoms with Crippen LogP contribution in [0.25, 0.3) is 0 Å². The van der Waals surface area contributed by atoms with Gasteiger partial charge in [-0.05, 0) is 67.0 Å². The Morgan fingerprint density at radius 3 is 2.49 bits per heavy atom. The van der Waals surface area contributed by atoms with E-state index in [1.54, 1.807) is 23.1 Å². The number of aliphatic hydroxyl groups is 1. The second kappa shape index (κ2) is 19.2. The molecule has 4 atom stereocenters. The predicted octanol–water partition coefficient (Wildman–Crippen LogP) is 5.15. The number of piperidine rings is 1. The van der Waals surface area contributed by atoms with Crippen molar-refractivity contribution in [2.45, 2.75) is 108 Å². The second-order valence-corrected chi connectivity index (χ2v) is 16.5. The minimum absolute atomic E-state index is 0.0344. The number of unbranched alkanes of at least 4 members (excludes halogenated alkanes) is 6. The quantitative estimate of drug-likeness (QED) is 0.113. The van der Waals surface area contributed by atoms with Crippen molar-refractivity contribution in [3.8, 4) is 11.8 Å². The van der Waals surface area contributed by atoms with Gasteiger partial charge in [-0.15, -0.1) is 0 Å². The molecule has 1 unspecified atom stereocenters. The van der Waals surface area contributed by atoms with Gasteiger partial charge in [-0.1, -0.05) is 74.2 Å². The van der Waals surface area contributed by atoms with Crippen LogP contribution in [0.2, 0.25) is 5.02 Å². The molecule has 0 radical (unpaired) electrons. The Labute approximate surface area is 350 Å². The summed E-state index contributed by atoms with van der Waals surface area (Å²) in [6.45, 7) is 4.85. The molecular formula is C45H52ClN7O6. The van der Waals surface area contributed by atoms with E-state index >= 15 is 0 Å². The highest BCUT2D eigenvalue weighted by Crippen LogP contribution is 2.43. The molecule has 3 aromatic rings. The SMILES string of the molecule is C[C@@H]1C[C@@H](O)c2ncnc(N3CCN(C(=O)[C@H](CNC(=O)CCCCCCCCC#Cc4cccc5c4CN(C4CCC(=O)NC4=O)C5=O)c4ccc(Cl)cc4)CC3)c21. The summed E-state index contributed by atoms with van der Waals surface area (Å²) in [5, 5.41) is 16.4. The maximum absolute atomic E-state index is 14.0. The van der Waals surface area contributed by atoms with E-state index in [1.807, 2.05) is 29.2 Å². The van der Waals surface area contributed by atoms with Gasteiger partial charge in [0.25, 0.3) is 5.91 Å². The summed E-state index contributed by atoms with van der Waals surface area (Å²) >= 11 is 6.18. The molecule has 2 saturated heterocycles. The van der Waals surface area contributed by atoms with Gasteiger partial charge in [-0.2, -0.15) is 0 Å². The molecule has 4 heterocycles. The van der Waals surface area contributed by atoms with Crippen LogP contribution in [0, 0.1) is 11.8 Å². The molecule has 13 nitrogen and oxygen atoms in total. The first-order valence-electron chi connectivity index (χ1n) is 20.9. The number of piperazine rings is 1. The number of halogens is 1. The monoisotopic (exact) mass is 821 g/mol. The Kier molecular flexibility index (Phi) is 13.6. The average Bonchev–Trinajstić information content (AvgIpc) is 3.73. The number of hydrogen-bond donors (Lipinski definition) is 3. The maximum atomic E-state index is 14.0. The lowest BCUT2D eigenvalue weighted by Crippen LogP contribution is -2.52. The van der Waals surface area contributed by atoms with Crippen molar-refractivity contribution in [3.05, 3.63) is 87.3 Å². The number of benzene rings is 2. The molecule has 14 heteroatoms. The van der Waals surface area contributed by atoms with E-state index in [-0.39, 0.29) is 42.5 Å². The fourth-order valence-electron chi connectivity index (χ4n) is 8.73. The smallest absolute Gasteiger partial charge is 0.255 e. The van der Waals surface area contributed by atoms with E-state index in [1.165, 1.54) is 6.33 Å². The molecule has 1 aromatic heterocycles. The molecule has 0 saturated carbocycles. The third-order valence-electron chi connectivity index (χ3n) is 12.0. The second-order valence-electron chi connectivity index (χ2n) is 16.0. The number of nitrogens with zero attached hydrogens (tertiary/aromatic N) is 5. The third kappa shape index (κ3) is 9.77. The van der Waals surface area contributed by atoms with Gasteiger partial charge < -0.3 is 25.1 Å². The van der Waals surface area contributed by atoms with Crippen molar-refractivity contribution in [2.75, 3.05) is 37.6 Å². The van der Waals surface area contributed by atoms with Crippen LogP contribution in [-0.4, -0.2) is 93.2 Å². The zero-order valence-corrected chi connectivity index (χ0v) is 34.3. The van der Waals surface area contributed by atoms with Crippen LogP contribution in [0.15, 0.2) is 48.8 Å². The van der Waals surface area contributed by atoms with E-state index in [4.69, 9.17) is 11.6 Å². The number of anilines is 1. The average molecular weight is 822 g/mol. The molecule has 310 valence electrons. The van der Waals surface area contributed by atoms with Gasteiger partial charge in [-0.25, -0.2) is 9.97 Å². The number of imide groups is 1. The first-order valence-corrected chi connectivity index (χ1v) is 21.3. The molecular weight excluding hydrogens is 770 g/mol. The Balaban J connectivity index is 0.812. The number of carbonyl (C=O) groups excluding carboxylic acids is 5. The van der Waals surface area contributed by atoms with E-state index < -0.39 is 24.0 Å². The van der Waals surface area contributed by atoms with Gasteiger partial charge in [-0.3, -0.25) is 29.3 Å². The van der Waals surface area contributed by atoms with Crippen LogP contribution in [-0.2, 0) is 25.7 Å². The molecule has 5 amide bonds. The highest BCUT2D eigenvalue weighted by Gasteiger charge is 2.40. The number of nitrogens with one attached hydrogen (secondary N) is 2. The normalized spacial score (nSPS) is 20.4. The van der Waals surface area contributed by atoms with Crippen molar-refractivity contribution in [3.63, 3.8) is 0 Å². The Bertz CT molecular complexity index is 2130. The summed E-state index contributed by atoms with van der Waals surface area (Å²) in [4.78, 5) is 78.5. The molecule has 7 rings (SSSR count). The highest BCUT2D eigenvalue weighted by atomic mass is 35.5. The van der Waals surface area contributed by atoms with Gasteiger partial charge in [0.15, 0.2) is 0 Å². The summed E-state index contributed by atoms with van der Waals surface area (Å²) in [5.41, 5.74) is 4.71. The van der Waals surface area contributed by atoms with Gasteiger partial charge in [0.05, 0.1) is 17.7 Å². The molecule has 4 aliphatic rings. The molecule has 2 fully saturated rings. The van der Waals surface area contributed by atoms with Crippen molar-refractivity contribution >= 4 is 47.0 Å². The Morgan fingerprint density at radius 2 is 1.73 bits per heavy atom. The van der Waals surface area contributed by atoms with Crippen molar-refractivity contribution < 1.29 is 29.1 Å². The molecule has 1 aliphatic carbocycles. The van der Waals surface area contributed by atoms with Gasteiger partial charge in [0.2, 0.25) is 23.6 Å². The standard InChI is InChI=1S/C45H52ClN7O6/c1-29-25-37(54)41-40(29)42(49-28-48-41)51-21-23-52(24-22-51)44(58)34(31-15-17-32(46)18-16-31)26-47-38(55)14-9-7-5-3-2-4-6-8-11-30-12-10-13-33-35(30)27-53(45(33)59)36-19-20-39(56)50-43(36)57/h10,12-13,15-18,28-29,34,36-37,54H,2-7,9,14,19-27H2,1H3,(H,47,55)(H,50,56,57)/t29-,34-,36?,37-/m1/s1. The largest absolute Gasteiger partial charge is 0.387 e. The number of hydrogen-bond acceptors (Lipinski definition) is 9. The number of aliphatic hydroxyl groups excluding tert-OH is 1. The van der Waals surface area contributed by atoms with Crippen molar-refractivity contribution in [1.82, 2.24) is 30.4 Å². The fourth-order valence-corrected chi connectivity index (χ4v) is 8.85. The molecule has 0 bridgehead atoms. The third-order valence-corrected chi connectivity index (χ3v) is 12.3. The molecule has 3 N–H and O–H groups in total. The summed E-state index contributed by atoms with van der Waals surface area (Å²) in [6, 6.07) is 12.1. The predicted molar refractivity (Wildman–Crippen MR) is 222 cm³/mol. The number of aromatic nitrogens is 2. The first kappa shape index (κ1) is 41.8. The maximum Gasteiger partial charge on any atom is 0.255 e. The van der Waals surface area contributed by atoms with Crippen LogP contribution in [0.5, 0.6) is 0 Å². The van der Waals surface area contributed by atoms with E-state index in [2.05, 4.69) is 44.3 Å². The van der Waals surface area contributed by atoms with E-state index in [9.17, 15) is 29.1 Å². The van der Waals surface area contributed by atoms with Crippen molar-refractivity contribution in [2.24, 2.45) is 0 Å². The zero-order valence-electron chi connectivity index (χ0n) is 33.6. The van der Waals surface area contributed by atoms with E-state index in [0.717, 1.165) is 73.0 Å². The summed E-state index contributed by atoms with van der Waals surface area (Å²) in [7, 11) is 0. The van der Waals surface area contributed by atoms with Crippen LogP contribution in [0.4, 0.5) is 5.82 Å². The topological polar surface area (TPSA) is 165 Å². The van der Waals surface area contributed by atoms with Crippen LogP contribution >= 0.6 is 11.6 Å². The Hall–Kier alpha value is -5.32. The molecule has 0 spiro atoms. The molecule has 3 aliphatic heterocycles. The van der Waals surface area contributed by atoms with E-state index in [0.29, 0.717) is 68.3 Å². The first-order chi connectivity index (χ1) is 28.6. The lowest BCUT2D eigenvalue weighted by atomic mass is 9.96. The van der Waals surface area contributed by atoms with Crippen LogP contribution < -0.4 is 15.5 Å². The molecule has 2 aromatic carbocycles. The fraction of sp³-hybridized carbons (Fsp3) is 0.489. The minimum atomic E-state index is -0.648. The summed E-state index contributed by atoms with van der Waals surface area (Å²) in [6.07, 6.45) is 8.97. The lowest BCUT2D eigenvalue weighted by molar-refractivity contribution is -0.137. The number of amides is 5.